The molecule has 2 heteroatoms. The zero-order valence-electron chi connectivity index (χ0n) is 21.0. The van der Waals surface area contributed by atoms with Crippen molar-refractivity contribution in [1.29, 1.82) is 0 Å². The molecule has 0 aliphatic carbocycles. The topological polar surface area (TPSA) is 3.24 Å². The highest BCUT2D eigenvalue weighted by Crippen LogP contribution is 2.49. The van der Waals surface area contributed by atoms with Crippen molar-refractivity contribution in [1.82, 2.24) is 0 Å². The first kappa shape index (κ1) is 23.5. The Kier molecular flexibility index (Phi) is 6.58. The lowest BCUT2D eigenvalue weighted by molar-refractivity contribution is 0.631. The number of rotatable bonds is 5. The molecule has 0 saturated heterocycles. The maximum atomic E-state index is 2.40. The minimum Gasteiger partial charge on any atom is -0.347 e. The lowest BCUT2D eigenvalue weighted by Gasteiger charge is -2.27. The van der Waals surface area contributed by atoms with Gasteiger partial charge in [0.25, 0.3) is 0 Å². The van der Waals surface area contributed by atoms with Crippen molar-refractivity contribution in [3.05, 3.63) is 143 Å². The van der Waals surface area contributed by atoms with E-state index in [0.717, 1.165) is 6.42 Å². The Morgan fingerprint density at radius 1 is 0.914 bits per heavy atom. The van der Waals surface area contributed by atoms with Gasteiger partial charge in [-0.25, -0.2) is 0 Å². The standard InChI is InChI=1S/C33H33NS/c1-5-25(32-33(2,3)28-18-12-13-19-29(28)34(32)4)21-20-24-22-30(26-14-8-6-9-15-26)35-31(23-24)27-16-10-7-11-17-27/h6-23,30H,5H2,1-4H3. The normalized spacial score (nSPS) is 20.5. The molecule has 35 heavy (non-hydrogen) atoms. The van der Waals surface area contributed by atoms with E-state index < -0.39 is 0 Å². The molecule has 0 amide bonds. The summed E-state index contributed by atoms with van der Waals surface area (Å²) in [6.45, 7) is 6.97. The largest absolute Gasteiger partial charge is 0.347 e. The number of anilines is 1. The fourth-order valence-electron chi connectivity index (χ4n) is 5.38. The molecule has 3 aromatic carbocycles. The van der Waals surface area contributed by atoms with E-state index in [-0.39, 0.29) is 5.41 Å². The molecule has 0 N–H and O–H groups in total. The highest BCUT2D eigenvalue weighted by Gasteiger charge is 2.39. The summed E-state index contributed by atoms with van der Waals surface area (Å²) < 4.78 is 0. The van der Waals surface area contributed by atoms with E-state index in [1.807, 2.05) is 11.8 Å². The third-order valence-electron chi connectivity index (χ3n) is 7.11. The number of allylic oxidation sites excluding steroid dienone is 6. The lowest BCUT2D eigenvalue weighted by atomic mass is 9.81. The predicted octanol–water partition coefficient (Wildman–Crippen LogP) is 9.09. The lowest BCUT2D eigenvalue weighted by Crippen LogP contribution is -2.24. The highest BCUT2D eigenvalue weighted by molar-refractivity contribution is 8.08. The van der Waals surface area contributed by atoms with E-state index in [1.54, 1.807) is 0 Å². The molecule has 1 nitrogen and oxygen atoms in total. The molecule has 1 atom stereocenters. The van der Waals surface area contributed by atoms with Crippen LogP contribution in [0, 0.1) is 0 Å². The minimum absolute atomic E-state index is 0.0184. The van der Waals surface area contributed by atoms with Crippen molar-refractivity contribution in [3.8, 4) is 0 Å². The van der Waals surface area contributed by atoms with Crippen LogP contribution in [0.4, 0.5) is 5.69 Å². The second-order valence-corrected chi connectivity index (χ2v) is 10.9. The van der Waals surface area contributed by atoms with Crippen molar-refractivity contribution in [2.24, 2.45) is 0 Å². The van der Waals surface area contributed by atoms with Crippen molar-refractivity contribution >= 4 is 22.4 Å². The fourth-order valence-corrected chi connectivity index (χ4v) is 6.65. The van der Waals surface area contributed by atoms with Gasteiger partial charge in [-0.2, -0.15) is 0 Å². The molecule has 0 aromatic heterocycles. The van der Waals surface area contributed by atoms with Crippen LogP contribution in [0.15, 0.2) is 126 Å². The SMILES string of the molecule is CCC(C=CC1=CC(c2ccccc2)SC(c2ccccc2)=C1)=C1N(C)c2ccccc2C1(C)C. The number of nitrogens with zero attached hydrogens (tertiary/aromatic N) is 1. The summed E-state index contributed by atoms with van der Waals surface area (Å²) in [5.41, 5.74) is 9.36. The predicted molar refractivity (Wildman–Crippen MR) is 154 cm³/mol. The molecule has 0 spiro atoms. The van der Waals surface area contributed by atoms with Crippen LogP contribution in [-0.2, 0) is 5.41 Å². The molecule has 2 aliphatic rings. The summed E-state index contributed by atoms with van der Waals surface area (Å²) in [7, 11) is 2.21. The Morgan fingerprint density at radius 3 is 2.26 bits per heavy atom. The molecular weight excluding hydrogens is 442 g/mol. The quantitative estimate of drug-likeness (QED) is 0.362. The number of hydrogen-bond acceptors (Lipinski definition) is 2. The summed E-state index contributed by atoms with van der Waals surface area (Å²) in [4.78, 5) is 3.71. The molecule has 0 radical (unpaired) electrons. The minimum atomic E-state index is -0.0184. The first-order valence-corrected chi connectivity index (χ1v) is 13.3. The monoisotopic (exact) mass is 475 g/mol. The van der Waals surface area contributed by atoms with Crippen LogP contribution < -0.4 is 4.90 Å². The third-order valence-corrected chi connectivity index (χ3v) is 8.38. The average molecular weight is 476 g/mol. The Bertz CT molecular complexity index is 1330. The summed E-state index contributed by atoms with van der Waals surface area (Å²) in [6, 6.07) is 30.4. The zero-order chi connectivity index (χ0) is 24.4. The molecule has 2 heterocycles. The van der Waals surface area contributed by atoms with Gasteiger partial charge in [0.15, 0.2) is 0 Å². The fraction of sp³-hybridized carbons (Fsp3) is 0.212. The van der Waals surface area contributed by atoms with Gasteiger partial charge < -0.3 is 4.90 Å². The first-order chi connectivity index (χ1) is 17.0. The Balaban J connectivity index is 1.55. The van der Waals surface area contributed by atoms with Gasteiger partial charge in [-0.15, -0.1) is 11.8 Å². The summed E-state index contributed by atoms with van der Waals surface area (Å²) in [6.07, 6.45) is 10.4. The smallest absolute Gasteiger partial charge is 0.0533 e. The van der Waals surface area contributed by atoms with Crippen molar-refractivity contribution in [3.63, 3.8) is 0 Å². The van der Waals surface area contributed by atoms with E-state index >= 15 is 0 Å². The van der Waals surface area contributed by atoms with Crippen molar-refractivity contribution in [2.75, 3.05) is 11.9 Å². The molecule has 5 rings (SSSR count). The van der Waals surface area contributed by atoms with E-state index in [9.17, 15) is 0 Å². The van der Waals surface area contributed by atoms with Gasteiger partial charge in [0, 0.05) is 28.8 Å². The molecular formula is C33H33NS. The highest BCUT2D eigenvalue weighted by atomic mass is 32.2. The van der Waals surface area contributed by atoms with Gasteiger partial charge >= 0.3 is 0 Å². The number of benzene rings is 3. The van der Waals surface area contributed by atoms with Crippen LogP contribution >= 0.6 is 11.8 Å². The van der Waals surface area contributed by atoms with Crippen LogP contribution in [0.5, 0.6) is 0 Å². The molecule has 0 bridgehead atoms. The summed E-state index contributed by atoms with van der Waals surface area (Å²) in [5, 5.41) is 0.295. The second kappa shape index (κ2) is 9.79. The molecule has 2 aliphatic heterocycles. The van der Waals surface area contributed by atoms with Crippen molar-refractivity contribution < 1.29 is 0 Å². The van der Waals surface area contributed by atoms with E-state index in [4.69, 9.17) is 0 Å². The molecule has 0 fully saturated rings. The van der Waals surface area contributed by atoms with Gasteiger partial charge in [0.1, 0.15) is 0 Å². The van der Waals surface area contributed by atoms with E-state index in [2.05, 4.69) is 142 Å². The van der Waals surface area contributed by atoms with Crippen LogP contribution in [0.2, 0.25) is 0 Å². The van der Waals surface area contributed by atoms with Crippen LogP contribution in [0.3, 0.4) is 0 Å². The molecule has 1 unspecified atom stereocenters. The van der Waals surface area contributed by atoms with Crippen LogP contribution in [0.25, 0.3) is 4.91 Å². The summed E-state index contributed by atoms with van der Waals surface area (Å²) in [5.74, 6) is 0. The Hall–Kier alpha value is -3.23. The first-order valence-electron chi connectivity index (χ1n) is 12.4. The van der Waals surface area contributed by atoms with Gasteiger partial charge in [-0.05, 0) is 46.4 Å². The number of fused-ring (bicyclic) bond motifs is 1. The molecule has 0 saturated carbocycles. The number of hydrogen-bond donors (Lipinski definition) is 0. The average Bonchev–Trinajstić information content (AvgIpc) is 3.11. The van der Waals surface area contributed by atoms with Crippen LogP contribution in [0.1, 0.15) is 49.1 Å². The van der Waals surface area contributed by atoms with Gasteiger partial charge in [0.2, 0.25) is 0 Å². The van der Waals surface area contributed by atoms with Crippen molar-refractivity contribution in [2.45, 2.75) is 37.9 Å². The third kappa shape index (κ3) is 4.56. The maximum absolute atomic E-state index is 2.40. The van der Waals surface area contributed by atoms with Gasteiger partial charge in [-0.3, -0.25) is 0 Å². The zero-order valence-corrected chi connectivity index (χ0v) is 21.8. The number of thioether (sulfide) groups is 1. The van der Waals surface area contributed by atoms with Crippen LogP contribution in [-0.4, -0.2) is 7.05 Å². The molecule has 176 valence electrons. The second-order valence-electron chi connectivity index (χ2n) is 9.75. The van der Waals surface area contributed by atoms with Gasteiger partial charge in [0.05, 0.1) is 5.25 Å². The maximum Gasteiger partial charge on any atom is 0.0533 e. The van der Waals surface area contributed by atoms with E-state index in [0.29, 0.717) is 5.25 Å². The summed E-state index contributed by atoms with van der Waals surface area (Å²) >= 11 is 1.93. The number of para-hydroxylation sites is 1. The van der Waals surface area contributed by atoms with E-state index in [1.165, 1.54) is 44.1 Å². The Labute approximate surface area is 214 Å². The number of likely N-dealkylation sites (N-methyl/N-ethyl adjacent to an activating group) is 1. The Morgan fingerprint density at radius 2 is 1.57 bits per heavy atom. The molecule has 3 aromatic rings. The van der Waals surface area contributed by atoms with Gasteiger partial charge in [-0.1, -0.05) is 118 Å².